The number of carboxylic acids is 1. The zero-order valence-corrected chi connectivity index (χ0v) is 9.27. The number of likely N-dealkylation sites (N-methyl/N-ethyl adjacent to an activating group) is 1. The van der Waals surface area contributed by atoms with Gasteiger partial charge >= 0.3 is 12.0 Å². The third-order valence-corrected chi connectivity index (χ3v) is 2.75. The number of carboxylic acid groups (broad SMARTS) is 1. The van der Waals surface area contributed by atoms with Crippen molar-refractivity contribution in [1.82, 2.24) is 9.80 Å². The van der Waals surface area contributed by atoms with E-state index in [0.29, 0.717) is 13.1 Å². The van der Waals surface area contributed by atoms with Gasteiger partial charge in [-0.05, 0) is 6.42 Å². The Morgan fingerprint density at radius 2 is 2.12 bits per heavy atom. The first kappa shape index (κ1) is 14.7. The topological polar surface area (TPSA) is 60.9 Å². The fourth-order valence-electron chi connectivity index (χ4n) is 1.75. The molecule has 0 aliphatic carbocycles. The maximum atomic E-state index is 11.6. The van der Waals surface area contributed by atoms with Crippen LogP contribution in [0.5, 0.6) is 0 Å². The molecule has 1 aliphatic heterocycles. The summed E-state index contributed by atoms with van der Waals surface area (Å²) in [7, 11) is 1.54. The van der Waals surface area contributed by atoms with Gasteiger partial charge in [-0.25, -0.2) is 9.59 Å². The fraction of sp³-hybridized carbons (Fsp3) is 0.818. The second-order valence-electron chi connectivity index (χ2n) is 3.90. The number of hydrogen-bond acceptors (Lipinski definition) is 2. The number of carbonyl (C=O) groups is 2. The molecule has 1 heterocycles. The largest absolute Gasteiger partial charge is 0.480 e. The monoisotopic (exact) mass is 230 g/mol. The van der Waals surface area contributed by atoms with Crippen molar-refractivity contribution in [3.8, 4) is 0 Å². The zero-order chi connectivity index (χ0) is 11.4. The van der Waals surface area contributed by atoms with Crippen LogP contribution in [0, 0.1) is 0 Å². The van der Waals surface area contributed by atoms with Crippen LogP contribution in [0.25, 0.3) is 0 Å². The normalized spacial score (nSPS) is 19.9. The Morgan fingerprint density at radius 3 is 2.56 bits per heavy atom. The fourth-order valence-corrected chi connectivity index (χ4v) is 1.75. The molecule has 16 heavy (non-hydrogen) atoms. The Hall–Kier alpha value is -1.26. The number of urea groups is 1. The zero-order valence-electron chi connectivity index (χ0n) is 9.27. The molecule has 1 atom stereocenters. The molecule has 1 aliphatic rings. The van der Waals surface area contributed by atoms with Crippen LogP contribution >= 0.6 is 0 Å². The Labute approximate surface area is 97.0 Å². The summed E-state index contributed by atoms with van der Waals surface area (Å²) < 4.78 is 0. The Balaban J connectivity index is 0.00000225. The van der Waals surface area contributed by atoms with Crippen molar-refractivity contribution in [1.29, 1.82) is 0 Å². The predicted molar refractivity (Wildman–Crippen MR) is 62.4 cm³/mol. The molecule has 1 N–H and O–H groups in total. The molecular weight excluding hydrogens is 208 g/mol. The molecule has 5 heteroatoms. The highest BCUT2D eigenvalue weighted by molar-refractivity contribution is 5.86. The molecule has 1 fully saturated rings. The van der Waals surface area contributed by atoms with Crippen molar-refractivity contribution in [3.05, 3.63) is 0 Å². The molecule has 0 aromatic carbocycles. The number of carbonyl (C=O) groups excluding carboxylic acids is 1. The van der Waals surface area contributed by atoms with Crippen molar-refractivity contribution in [2.75, 3.05) is 20.1 Å². The van der Waals surface area contributed by atoms with Crippen molar-refractivity contribution in [3.63, 3.8) is 0 Å². The molecule has 0 unspecified atom stereocenters. The quantitative estimate of drug-likeness (QED) is 0.730. The van der Waals surface area contributed by atoms with Gasteiger partial charge in [0.15, 0.2) is 0 Å². The van der Waals surface area contributed by atoms with Crippen LogP contribution in [-0.2, 0) is 4.79 Å². The molecule has 1 rings (SSSR count). The van der Waals surface area contributed by atoms with Crippen molar-refractivity contribution in [2.45, 2.75) is 39.7 Å². The SMILES string of the molecule is C.CCCCCN1C[C@@H](C(=O)O)N(C)C1=O. The Bertz CT molecular complexity index is 256. The molecule has 5 nitrogen and oxygen atoms in total. The molecule has 2 amide bonds. The third kappa shape index (κ3) is 3.12. The average Bonchev–Trinajstić information content (AvgIpc) is 2.46. The van der Waals surface area contributed by atoms with Gasteiger partial charge in [0.25, 0.3) is 0 Å². The van der Waals surface area contributed by atoms with Gasteiger partial charge in [-0.2, -0.15) is 0 Å². The molecule has 0 aromatic heterocycles. The van der Waals surface area contributed by atoms with E-state index in [1.165, 1.54) is 4.90 Å². The van der Waals surface area contributed by atoms with E-state index in [0.717, 1.165) is 19.3 Å². The lowest BCUT2D eigenvalue weighted by Crippen LogP contribution is -2.36. The lowest BCUT2D eigenvalue weighted by atomic mass is 10.2. The first-order valence-corrected chi connectivity index (χ1v) is 5.32. The third-order valence-electron chi connectivity index (χ3n) is 2.75. The van der Waals surface area contributed by atoms with Crippen LogP contribution in [0.1, 0.15) is 33.6 Å². The molecule has 0 bridgehead atoms. The number of hydrogen-bond donors (Lipinski definition) is 1. The van der Waals surface area contributed by atoms with E-state index in [2.05, 4.69) is 6.92 Å². The lowest BCUT2D eigenvalue weighted by Gasteiger charge is -2.15. The predicted octanol–water partition coefficient (Wildman–Crippen LogP) is 1.63. The van der Waals surface area contributed by atoms with Gasteiger partial charge in [0.2, 0.25) is 0 Å². The molecule has 94 valence electrons. The highest BCUT2D eigenvalue weighted by atomic mass is 16.4. The minimum atomic E-state index is -0.927. The van der Waals surface area contributed by atoms with Crippen LogP contribution in [-0.4, -0.2) is 53.1 Å². The molecular formula is C11H22N2O3. The molecule has 0 spiro atoms. The number of amides is 2. The first-order chi connectivity index (χ1) is 7.07. The van der Waals surface area contributed by atoms with Crippen LogP contribution in [0.15, 0.2) is 0 Å². The minimum Gasteiger partial charge on any atom is -0.480 e. The summed E-state index contributed by atoms with van der Waals surface area (Å²) in [4.78, 5) is 25.3. The summed E-state index contributed by atoms with van der Waals surface area (Å²) in [6.45, 7) is 3.08. The van der Waals surface area contributed by atoms with E-state index < -0.39 is 12.0 Å². The van der Waals surface area contributed by atoms with E-state index in [9.17, 15) is 9.59 Å². The van der Waals surface area contributed by atoms with Crippen LogP contribution in [0.4, 0.5) is 4.79 Å². The maximum Gasteiger partial charge on any atom is 0.328 e. The van der Waals surface area contributed by atoms with Gasteiger partial charge in [-0.3, -0.25) is 0 Å². The highest BCUT2D eigenvalue weighted by Gasteiger charge is 2.38. The molecule has 0 radical (unpaired) electrons. The summed E-state index contributed by atoms with van der Waals surface area (Å²) in [5, 5.41) is 8.87. The first-order valence-electron chi connectivity index (χ1n) is 5.32. The van der Waals surface area contributed by atoms with E-state index in [1.807, 2.05) is 0 Å². The van der Waals surface area contributed by atoms with Crippen LogP contribution in [0.2, 0.25) is 0 Å². The van der Waals surface area contributed by atoms with Crippen molar-refractivity contribution < 1.29 is 14.7 Å². The minimum absolute atomic E-state index is 0. The maximum absolute atomic E-state index is 11.6. The van der Waals surface area contributed by atoms with E-state index in [1.54, 1.807) is 11.9 Å². The Morgan fingerprint density at radius 1 is 1.50 bits per heavy atom. The number of rotatable bonds is 5. The standard InChI is InChI=1S/C10H18N2O3.CH4/c1-3-4-5-6-12-7-8(9(13)14)11(2)10(12)15;/h8H,3-7H2,1-2H3,(H,13,14);1H4/t8-;/m0./s1. The summed E-state index contributed by atoms with van der Waals surface area (Å²) in [5.74, 6) is -0.927. The van der Waals surface area contributed by atoms with Gasteiger partial charge in [-0.15, -0.1) is 0 Å². The van der Waals surface area contributed by atoms with E-state index in [-0.39, 0.29) is 13.5 Å². The van der Waals surface area contributed by atoms with Gasteiger partial charge in [0.1, 0.15) is 6.04 Å². The summed E-state index contributed by atoms with van der Waals surface area (Å²) >= 11 is 0. The van der Waals surface area contributed by atoms with Crippen LogP contribution in [0.3, 0.4) is 0 Å². The summed E-state index contributed by atoms with van der Waals surface area (Å²) in [6, 6.07) is -0.849. The summed E-state index contributed by atoms with van der Waals surface area (Å²) in [6.07, 6.45) is 3.12. The van der Waals surface area contributed by atoms with Gasteiger partial charge in [0, 0.05) is 13.6 Å². The van der Waals surface area contributed by atoms with Gasteiger partial charge in [-0.1, -0.05) is 27.2 Å². The van der Waals surface area contributed by atoms with E-state index >= 15 is 0 Å². The number of aliphatic carboxylic acids is 1. The molecule has 0 saturated carbocycles. The summed E-state index contributed by atoms with van der Waals surface area (Å²) in [5.41, 5.74) is 0. The molecule has 0 aromatic rings. The second-order valence-corrected chi connectivity index (χ2v) is 3.90. The van der Waals surface area contributed by atoms with E-state index in [4.69, 9.17) is 5.11 Å². The Kier molecular flexibility index (Phi) is 5.85. The second kappa shape index (κ2) is 6.35. The van der Waals surface area contributed by atoms with Gasteiger partial charge in [0.05, 0.1) is 6.54 Å². The van der Waals surface area contributed by atoms with Crippen molar-refractivity contribution in [2.24, 2.45) is 0 Å². The smallest absolute Gasteiger partial charge is 0.328 e. The highest BCUT2D eigenvalue weighted by Crippen LogP contribution is 2.14. The van der Waals surface area contributed by atoms with Gasteiger partial charge < -0.3 is 14.9 Å². The number of nitrogens with zero attached hydrogens (tertiary/aromatic N) is 2. The number of unbranched alkanes of at least 4 members (excludes halogenated alkanes) is 2. The van der Waals surface area contributed by atoms with Crippen molar-refractivity contribution >= 4 is 12.0 Å². The molecule has 1 saturated heterocycles. The average molecular weight is 230 g/mol. The van der Waals surface area contributed by atoms with Crippen LogP contribution < -0.4 is 0 Å². The lowest BCUT2D eigenvalue weighted by molar-refractivity contribution is -0.140.